The molecule has 6 rings (SSSR count). The van der Waals surface area contributed by atoms with E-state index in [0.717, 1.165) is 66.1 Å². The smallest absolute Gasteiger partial charge is 0.165 e. The van der Waals surface area contributed by atoms with Crippen LogP contribution in [0.1, 0.15) is 18.4 Å². The summed E-state index contributed by atoms with van der Waals surface area (Å²) in [5.74, 6) is 1.15. The first kappa shape index (κ1) is 24.7. The van der Waals surface area contributed by atoms with E-state index in [2.05, 4.69) is 62.2 Å². The van der Waals surface area contributed by atoms with Crippen molar-refractivity contribution in [3.05, 3.63) is 90.6 Å². The van der Waals surface area contributed by atoms with Crippen molar-refractivity contribution in [2.75, 3.05) is 25.4 Å². The molecule has 0 radical (unpaired) electrons. The molecular weight excluding hydrogens is 484 g/mol. The molecule has 4 heterocycles. The van der Waals surface area contributed by atoms with Crippen molar-refractivity contribution < 1.29 is 0 Å². The van der Waals surface area contributed by atoms with Crippen LogP contribution >= 0.6 is 0 Å². The van der Waals surface area contributed by atoms with Crippen LogP contribution in [0.2, 0.25) is 0 Å². The summed E-state index contributed by atoms with van der Waals surface area (Å²) in [7, 11) is 0. The van der Waals surface area contributed by atoms with Crippen LogP contribution in [0.4, 0.5) is 5.82 Å². The SMILES string of the molecule is N#CCNC1CCN(Cc2ccc(-n3c(-c4cccnc4N)nc4ccc(-c5ccccc5)nc43)cc2)CC1. The van der Waals surface area contributed by atoms with Crippen LogP contribution in [0.5, 0.6) is 0 Å². The quantitative estimate of drug-likeness (QED) is 0.300. The fraction of sp³-hybridized carbons (Fsp3) is 0.226. The van der Waals surface area contributed by atoms with Gasteiger partial charge >= 0.3 is 0 Å². The predicted molar refractivity (Wildman–Crippen MR) is 154 cm³/mol. The summed E-state index contributed by atoms with van der Waals surface area (Å²) in [6.07, 6.45) is 3.81. The van der Waals surface area contributed by atoms with E-state index in [1.54, 1.807) is 6.20 Å². The zero-order valence-electron chi connectivity index (χ0n) is 21.7. The molecule has 1 aliphatic rings. The van der Waals surface area contributed by atoms with Crippen LogP contribution in [0.15, 0.2) is 85.1 Å². The van der Waals surface area contributed by atoms with Crippen LogP contribution in [0.3, 0.4) is 0 Å². The van der Waals surface area contributed by atoms with Crippen LogP contribution in [-0.4, -0.2) is 50.1 Å². The highest BCUT2D eigenvalue weighted by atomic mass is 15.1. The van der Waals surface area contributed by atoms with Gasteiger partial charge in [0.2, 0.25) is 0 Å². The number of imidazole rings is 1. The van der Waals surface area contributed by atoms with Gasteiger partial charge in [0.25, 0.3) is 0 Å². The molecular formula is C31H30N8. The van der Waals surface area contributed by atoms with Crippen molar-refractivity contribution in [2.45, 2.75) is 25.4 Å². The number of pyridine rings is 2. The highest BCUT2D eigenvalue weighted by molar-refractivity contribution is 5.84. The fourth-order valence-corrected chi connectivity index (χ4v) is 5.25. The minimum atomic E-state index is 0.420. The van der Waals surface area contributed by atoms with Crippen molar-refractivity contribution in [1.29, 1.82) is 5.26 Å². The topological polar surface area (TPSA) is 109 Å². The third-order valence-corrected chi connectivity index (χ3v) is 7.31. The Kier molecular flexibility index (Phi) is 7.00. The van der Waals surface area contributed by atoms with Crippen molar-refractivity contribution in [3.8, 4) is 34.4 Å². The fourth-order valence-electron chi connectivity index (χ4n) is 5.25. The average Bonchev–Trinajstić information content (AvgIpc) is 3.36. The van der Waals surface area contributed by atoms with Gasteiger partial charge in [-0.2, -0.15) is 5.26 Å². The lowest BCUT2D eigenvalue weighted by Gasteiger charge is -2.32. The van der Waals surface area contributed by atoms with E-state index in [1.165, 1.54) is 5.56 Å². The summed E-state index contributed by atoms with van der Waals surface area (Å²) in [5, 5.41) is 12.1. The molecule has 194 valence electrons. The van der Waals surface area contributed by atoms with Crippen molar-refractivity contribution >= 4 is 17.0 Å². The Morgan fingerprint density at radius 1 is 0.923 bits per heavy atom. The van der Waals surface area contributed by atoms with Crippen LogP contribution in [0, 0.1) is 11.3 Å². The van der Waals surface area contributed by atoms with E-state index in [4.69, 9.17) is 21.0 Å². The molecule has 1 saturated heterocycles. The Balaban J connectivity index is 1.33. The molecule has 0 spiro atoms. The number of nitrogens with zero attached hydrogens (tertiary/aromatic N) is 6. The monoisotopic (exact) mass is 514 g/mol. The Morgan fingerprint density at radius 3 is 2.46 bits per heavy atom. The lowest BCUT2D eigenvalue weighted by Crippen LogP contribution is -2.42. The molecule has 0 unspecified atom stereocenters. The molecule has 0 saturated carbocycles. The summed E-state index contributed by atoms with van der Waals surface area (Å²) in [6.45, 7) is 3.36. The Morgan fingerprint density at radius 2 is 1.72 bits per heavy atom. The molecule has 5 aromatic rings. The van der Waals surface area contributed by atoms with E-state index in [9.17, 15) is 0 Å². The summed E-state index contributed by atoms with van der Waals surface area (Å²) in [4.78, 5) is 16.8. The number of nitrogen functional groups attached to an aromatic ring is 1. The van der Waals surface area contributed by atoms with E-state index in [0.29, 0.717) is 24.2 Å². The summed E-state index contributed by atoms with van der Waals surface area (Å²) < 4.78 is 2.07. The van der Waals surface area contributed by atoms with Crippen LogP contribution in [0.25, 0.3) is 39.5 Å². The first-order valence-corrected chi connectivity index (χ1v) is 13.3. The molecule has 1 fully saturated rings. The molecule has 8 nitrogen and oxygen atoms in total. The molecule has 2 aromatic carbocycles. The van der Waals surface area contributed by atoms with Gasteiger partial charge in [-0.05, 0) is 67.9 Å². The van der Waals surface area contributed by atoms with Crippen LogP contribution in [-0.2, 0) is 6.54 Å². The number of nitriles is 1. The summed E-state index contributed by atoms with van der Waals surface area (Å²) in [6, 6.07) is 29.2. The van der Waals surface area contributed by atoms with Gasteiger partial charge in [-0.1, -0.05) is 42.5 Å². The van der Waals surface area contributed by atoms with Gasteiger partial charge in [-0.15, -0.1) is 0 Å². The number of hydrogen-bond donors (Lipinski definition) is 2. The van der Waals surface area contributed by atoms with Gasteiger partial charge < -0.3 is 11.1 Å². The normalized spacial score (nSPS) is 14.4. The predicted octanol–water partition coefficient (Wildman–Crippen LogP) is 4.81. The number of piperidine rings is 1. The first-order chi connectivity index (χ1) is 19.2. The van der Waals surface area contributed by atoms with E-state index < -0.39 is 0 Å². The molecule has 0 aliphatic carbocycles. The molecule has 0 amide bonds. The number of rotatable bonds is 7. The minimum absolute atomic E-state index is 0.420. The van der Waals surface area contributed by atoms with E-state index in [-0.39, 0.29) is 0 Å². The number of aromatic nitrogens is 4. The largest absolute Gasteiger partial charge is 0.383 e. The molecule has 1 aliphatic heterocycles. The van der Waals surface area contributed by atoms with Gasteiger partial charge in [0, 0.05) is 30.0 Å². The van der Waals surface area contributed by atoms with Gasteiger partial charge in [-0.3, -0.25) is 9.47 Å². The zero-order valence-corrected chi connectivity index (χ0v) is 21.7. The number of nitrogens with one attached hydrogen (secondary N) is 1. The Labute approximate surface area is 227 Å². The second-order valence-electron chi connectivity index (χ2n) is 9.87. The number of anilines is 1. The lowest BCUT2D eigenvalue weighted by molar-refractivity contribution is 0.193. The summed E-state index contributed by atoms with van der Waals surface area (Å²) >= 11 is 0. The lowest BCUT2D eigenvalue weighted by atomic mass is 10.0. The van der Waals surface area contributed by atoms with Gasteiger partial charge in [0.05, 0.1) is 23.9 Å². The van der Waals surface area contributed by atoms with Crippen molar-refractivity contribution in [2.24, 2.45) is 0 Å². The number of fused-ring (bicyclic) bond motifs is 1. The second-order valence-corrected chi connectivity index (χ2v) is 9.87. The number of likely N-dealkylation sites (tertiary alicyclic amines) is 1. The third-order valence-electron chi connectivity index (χ3n) is 7.31. The maximum atomic E-state index is 8.81. The molecule has 3 N–H and O–H groups in total. The maximum Gasteiger partial charge on any atom is 0.165 e. The van der Waals surface area contributed by atoms with Gasteiger partial charge in [0.1, 0.15) is 11.3 Å². The van der Waals surface area contributed by atoms with Gasteiger partial charge in [-0.25, -0.2) is 15.0 Å². The zero-order chi connectivity index (χ0) is 26.6. The van der Waals surface area contributed by atoms with Crippen LogP contribution < -0.4 is 11.1 Å². The highest BCUT2D eigenvalue weighted by Crippen LogP contribution is 2.32. The van der Waals surface area contributed by atoms with Gasteiger partial charge in [0.15, 0.2) is 11.5 Å². The minimum Gasteiger partial charge on any atom is -0.383 e. The Bertz CT molecular complexity index is 1610. The average molecular weight is 515 g/mol. The van der Waals surface area contributed by atoms with E-state index in [1.807, 2.05) is 42.5 Å². The number of nitrogens with two attached hydrogens (primary N) is 1. The molecule has 8 heteroatoms. The first-order valence-electron chi connectivity index (χ1n) is 13.3. The molecule has 3 aromatic heterocycles. The number of hydrogen-bond acceptors (Lipinski definition) is 7. The maximum absolute atomic E-state index is 8.81. The third kappa shape index (κ3) is 5.23. The van der Waals surface area contributed by atoms with Crippen molar-refractivity contribution in [1.82, 2.24) is 29.7 Å². The molecule has 39 heavy (non-hydrogen) atoms. The molecule has 0 bridgehead atoms. The van der Waals surface area contributed by atoms with Crippen molar-refractivity contribution in [3.63, 3.8) is 0 Å². The molecule has 0 atom stereocenters. The number of benzene rings is 2. The summed E-state index contributed by atoms with van der Waals surface area (Å²) in [5.41, 5.74) is 12.8. The standard InChI is InChI=1S/C31H30N8/c32-16-18-34-24-14-19-38(20-15-24)21-22-8-10-25(11-9-22)39-30(26-7-4-17-35-29(26)33)37-28-13-12-27(36-31(28)39)23-5-2-1-3-6-23/h1-13,17,24,34H,14-15,18-21H2,(H2,33,35). The highest BCUT2D eigenvalue weighted by Gasteiger charge is 2.20. The second kappa shape index (κ2) is 11.0. The Hall–Kier alpha value is -4.58. The van der Waals surface area contributed by atoms with E-state index >= 15 is 0 Å².